The maximum Gasteiger partial charge on any atom is 0.294 e. The number of amides is 1. The van der Waals surface area contributed by atoms with Crippen LogP contribution < -0.4 is 10.9 Å². The van der Waals surface area contributed by atoms with E-state index in [4.69, 9.17) is 11.6 Å². The Hall–Kier alpha value is -2.71. The number of hydrogen-bond donors (Lipinski definition) is 3. The van der Waals surface area contributed by atoms with Crippen LogP contribution in [0.25, 0.3) is 10.7 Å². The average molecular weight is 380 g/mol. The average Bonchev–Trinajstić information content (AvgIpc) is 3.10. The van der Waals surface area contributed by atoms with Gasteiger partial charge in [-0.1, -0.05) is 23.7 Å². The lowest BCUT2D eigenvalue weighted by Crippen LogP contribution is -2.27. The second-order valence-electron chi connectivity index (χ2n) is 5.01. The number of hydrogen-bond acceptors (Lipinski definition) is 5. The van der Waals surface area contributed by atoms with E-state index in [2.05, 4.69) is 15.3 Å². The summed E-state index contributed by atoms with van der Waals surface area (Å²) >= 11 is 6.99. The molecule has 1 amide bonds. The highest BCUT2D eigenvalue weighted by molar-refractivity contribution is 7.13. The molecule has 3 aromatic rings. The number of carbonyl (C=O) groups is 1. The van der Waals surface area contributed by atoms with Gasteiger partial charge in [-0.2, -0.15) is 0 Å². The molecule has 25 heavy (non-hydrogen) atoms. The summed E-state index contributed by atoms with van der Waals surface area (Å²) in [7, 11) is 0. The van der Waals surface area contributed by atoms with E-state index in [1.807, 2.05) is 0 Å². The maximum atomic E-state index is 13.7. The summed E-state index contributed by atoms with van der Waals surface area (Å²) in [5, 5.41) is 14.3. The van der Waals surface area contributed by atoms with Crippen molar-refractivity contribution in [2.45, 2.75) is 6.54 Å². The number of H-pyrrole nitrogens is 1. The molecule has 0 bridgehead atoms. The first-order chi connectivity index (χ1) is 12.0. The smallest absolute Gasteiger partial charge is 0.294 e. The number of nitrogens with one attached hydrogen (secondary N) is 2. The van der Waals surface area contributed by atoms with Crippen LogP contribution in [-0.2, 0) is 6.54 Å². The number of rotatable bonds is 4. The highest BCUT2D eigenvalue weighted by atomic mass is 35.5. The number of aromatic nitrogens is 2. The molecule has 1 aromatic carbocycles. The Labute approximate surface area is 149 Å². The van der Waals surface area contributed by atoms with Gasteiger partial charge in [0.15, 0.2) is 11.5 Å². The summed E-state index contributed by atoms with van der Waals surface area (Å²) in [5.74, 6) is -2.00. The van der Waals surface area contributed by atoms with Gasteiger partial charge in [-0.3, -0.25) is 9.59 Å². The van der Waals surface area contributed by atoms with Gasteiger partial charge in [-0.25, -0.2) is 9.37 Å². The zero-order valence-corrected chi connectivity index (χ0v) is 14.1. The normalized spacial score (nSPS) is 10.6. The third-order valence-electron chi connectivity index (χ3n) is 3.32. The summed E-state index contributed by atoms with van der Waals surface area (Å²) in [4.78, 5) is 31.1. The van der Waals surface area contributed by atoms with Crippen LogP contribution >= 0.6 is 22.9 Å². The summed E-state index contributed by atoms with van der Waals surface area (Å²) in [6.07, 6.45) is 0. The molecule has 0 aliphatic rings. The second kappa shape index (κ2) is 7.04. The van der Waals surface area contributed by atoms with Gasteiger partial charge in [0, 0.05) is 17.1 Å². The topological polar surface area (TPSA) is 95.1 Å². The van der Waals surface area contributed by atoms with Crippen LogP contribution in [-0.4, -0.2) is 21.0 Å². The second-order valence-corrected chi connectivity index (χ2v) is 6.39. The van der Waals surface area contributed by atoms with Gasteiger partial charge in [0.2, 0.25) is 5.75 Å². The minimum absolute atomic E-state index is 0.149. The Morgan fingerprint density at radius 1 is 1.40 bits per heavy atom. The minimum atomic E-state index is -0.832. The lowest BCUT2D eigenvalue weighted by Gasteiger charge is -2.08. The van der Waals surface area contributed by atoms with Crippen LogP contribution in [0.5, 0.6) is 5.75 Å². The first-order valence-corrected chi connectivity index (χ1v) is 8.30. The Bertz CT molecular complexity index is 989. The van der Waals surface area contributed by atoms with Crippen molar-refractivity contribution in [1.82, 2.24) is 15.3 Å². The quantitative estimate of drug-likeness (QED) is 0.649. The summed E-state index contributed by atoms with van der Waals surface area (Å²) in [6, 6.07) is 7.52. The molecule has 0 saturated carbocycles. The van der Waals surface area contributed by atoms with Crippen molar-refractivity contribution in [2.75, 3.05) is 0 Å². The molecule has 0 fully saturated rings. The number of thiophene rings is 1. The Kier molecular flexibility index (Phi) is 4.82. The molecule has 0 radical (unpaired) electrons. The summed E-state index contributed by atoms with van der Waals surface area (Å²) in [5.41, 5.74) is -1.05. The largest absolute Gasteiger partial charge is 0.501 e. The van der Waals surface area contributed by atoms with Crippen LogP contribution in [0.4, 0.5) is 4.39 Å². The van der Waals surface area contributed by atoms with Crippen molar-refractivity contribution in [3.05, 3.63) is 68.2 Å². The predicted molar refractivity (Wildman–Crippen MR) is 92.4 cm³/mol. The van der Waals surface area contributed by atoms with E-state index in [0.717, 1.165) is 6.07 Å². The lowest BCUT2D eigenvalue weighted by molar-refractivity contribution is 0.0942. The van der Waals surface area contributed by atoms with Crippen molar-refractivity contribution in [2.24, 2.45) is 0 Å². The number of carbonyl (C=O) groups excluding carboxylic acids is 1. The molecule has 0 aliphatic heterocycles. The third-order valence-corrected chi connectivity index (χ3v) is 4.43. The fourth-order valence-corrected chi connectivity index (χ4v) is 2.91. The first-order valence-electron chi connectivity index (χ1n) is 7.05. The molecule has 9 heteroatoms. The number of halogens is 2. The van der Waals surface area contributed by atoms with E-state index < -0.39 is 28.7 Å². The molecular weight excluding hydrogens is 369 g/mol. The molecule has 0 aliphatic carbocycles. The van der Waals surface area contributed by atoms with E-state index in [1.54, 1.807) is 17.5 Å². The van der Waals surface area contributed by atoms with Crippen LogP contribution in [0, 0.1) is 5.82 Å². The molecule has 0 spiro atoms. The molecule has 0 saturated heterocycles. The maximum absolute atomic E-state index is 13.7. The number of nitrogens with zero attached hydrogens (tertiary/aromatic N) is 1. The summed E-state index contributed by atoms with van der Waals surface area (Å²) < 4.78 is 13.7. The van der Waals surface area contributed by atoms with Crippen LogP contribution in [0.3, 0.4) is 0 Å². The minimum Gasteiger partial charge on any atom is -0.501 e. The zero-order valence-electron chi connectivity index (χ0n) is 12.5. The van der Waals surface area contributed by atoms with E-state index in [9.17, 15) is 19.1 Å². The number of aromatic amines is 1. The Morgan fingerprint density at radius 3 is 2.88 bits per heavy atom. The van der Waals surface area contributed by atoms with Gasteiger partial charge in [0.05, 0.1) is 4.88 Å². The van der Waals surface area contributed by atoms with E-state index in [-0.39, 0.29) is 23.0 Å². The SMILES string of the molecule is O=C(NCc1ccc(Cl)cc1F)c1nc(-c2cccs2)[nH]c(=O)c1O. The molecule has 0 atom stereocenters. The van der Waals surface area contributed by atoms with E-state index in [1.165, 1.54) is 23.5 Å². The van der Waals surface area contributed by atoms with Gasteiger partial charge in [-0.15, -0.1) is 11.3 Å². The van der Waals surface area contributed by atoms with E-state index in [0.29, 0.717) is 4.88 Å². The fourth-order valence-electron chi connectivity index (χ4n) is 2.08. The highest BCUT2D eigenvalue weighted by Gasteiger charge is 2.19. The standard InChI is InChI=1S/C16H11ClFN3O3S/c17-9-4-3-8(10(18)6-9)7-19-15(23)12-13(22)16(24)21-14(20-12)11-2-1-5-25-11/h1-6,22H,7H2,(H,19,23)(H,20,21,24). The molecule has 128 valence electrons. The molecule has 6 nitrogen and oxygen atoms in total. The molecule has 2 heterocycles. The Balaban J connectivity index is 1.85. The summed E-state index contributed by atoms with van der Waals surface area (Å²) in [6.45, 7) is -0.149. The van der Waals surface area contributed by atoms with Gasteiger partial charge in [0.1, 0.15) is 5.82 Å². The van der Waals surface area contributed by atoms with Crippen LogP contribution in [0.15, 0.2) is 40.5 Å². The zero-order chi connectivity index (χ0) is 18.0. The molecule has 3 rings (SSSR count). The van der Waals surface area contributed by atoms with Gasteiger partial charge >= 0.3 is 0 Å². The van der Waals surface area contributed by atoms with E-state index >= 15 is 0 Å². The van der Waals surface area contributed by atoms with Gasteiger partial charge in [0.25, 0.3) is 11.5 Å². The highest BCUT2D eigenvalue weighted by Crippen LogP contribution is 2.22. The molecule has 2 aromatic heterocycles. The molecule has 0 unspecified atom stereocenters. The number of benzene rings is 1. The molecular formula is C16H11ClFN3O3S. The lowest BCUT2D eigenvalue weighted by atomic mass is 10.2. The van der Waals surface area contributed by atoms with Crippen molar-refractivity contribution < 1.29 is 14.3 Å². The van der Waals surface area contributed by atoms with Crippen LogP contribution in [0.2, 0.25) is 5.02 Å². The monoisotopic (exact) mass is 379 g/mol. The van der Waals surface area contributed by atoms with Crippen molar-refractivity contribution in [3.63, 3.8) is 0 Å². The van der Waals surface area contributed by atoms with Crippen molar-refractivity contribution in [1.29, 1.82) is 0 Å². The van der Waals surface area contributed by atoms with Crippen molar-refractivity contribution in [3.8, 4) is 16.5 Å². The van der Waals surface area contributed by atoms with Crippen LogP contribution in [0.1, 0.15) is 16.1 Å². The predicted octanol–water partition coefficient (Wildman–Crippen LogP) is 2.93. The number of aromatic hydroxyl groups is 1. The van der Waals surface area contributed by atoms with Gasteiger partial charge < -0.3 is 15.4 Å². The Morgan fingerprint density at radius 2 is 2.20 bits per heavy atom. The third kappa shape index (κ3) is 3.70. The van der Waals surface area contributed by atoms with Crippen molar-refractivity contribution >= 4 is 28.8 Å². The fraction of sp³-hybridized carbons (Fsp3) is 0.0625. The molecule has 3 N–H and O–H groups in total. The van der Waals surface area contributed by atoms with Gasteiger partial charge in [-0.05, 0) is 23.6 Å². The first kappa shape index (κ1) is 17.1.